The number of rotatable bonds is 8. The Morgan fingerprint density at radius 3 is 2.72 bits per heavy atom. The second-order valence-corrected chi connectivity index (χ2v) is 7.82. The van der Waals surface area contributed by atoms with E-state index in [1.165, 1.54) is 0 Å². The van der Waals surface area contributed by atoms with Gasteiger partial charge in [-0.05, 0) is 45.3 Å². The summed E-state index contributed by atoms with van der Waals surface area (Å²) in [5.74, 6) is 0.672. The minimum Gasteiger partial charge on any atom is -0.481 e. The lowest BCUT2D eigenvalue weighted by Crippen LogP contribution is -2.46. The number of piperidine rings is 1. The Balaban J connectivity index is 1.61. The topological polar surface area (TPSA) is 84.0 Å². The number of likely N-dealkylation sites (tertiary alicyclic amines) is 2. The average Bonchev–Trinajstić information content (AvgIpc) is 3.01. The third kappa shape index (κ3) is 4.70. The molecule has 2 amide bonds. The molecule has 1 aromatic heterocycles. The van der Waals surface area contributed by atoms with Gasteiger partial charge in [-0.15, -0.1) is 0 Å². The molecule has 1 atom stereocenters. The molecule has 1 aromatic rings. The molecule has 2 aliphatic heterocycles. The Hall–Kier alpha value is -2.19. The molecule has 3 rings (SSSR count). The standard InChI is InChI=1S/C21H32N4O4/c1-4-25-17(19(26)22-10-13-28-2)14-21(20(25)27)8-11-24(12-9-21)15-16-6-5-7-18(23-16)29-3/h5-7,17H,4,8-15H2,1-3H3,(H,22,26). The molecule has 8 heteroatoms. The summed E-state index contributed by atoms with van der Waals surface area (Å²) in [6.07, 6.45) is 2.14. The van der Waals surface area contributed by atoms with Gasteiger partial charge in [0, 0.05) is 32.8 Å². The van der Waals surface area contributed by atoms with Crippen LogP contribution in [0.4, 0.5) is 0 Å². The van der Waals surface area contributed by atoms with Gasteiger partial charge in [-0.2, -0.15) is 0 Å². The summed E-state index contributed by atoms with van der Waals surface area (Å²) in [7, 11) is 3.22. The minimum absolute atomic E-state index is 0.0721. The molecular formula is C21H32N4O4. The first-order valence-corrected chi connectivity index (χ1v) is 10.3. The summed E-state index contributed by atoms with van der Waals surface area (Å²) < 4.78 is 10.2. The second kappa shape index (κ2) is 9.54. The predicted molar refractivity (Wildman–Crippen MR) is 108 cm³/mol. The van der Waals surface area contributed by atoms with E-state index >= 15 is 0 Å². The van der Waals surface area contributed by atoms with E-state index in [0.29, 0.717) is 32.0 Å². The summed E-state index contributed by atoms with van der Waals surface area (Å²) in [6, 6.07) is 5.39. The molecule has 2 saturated heterocycles. The first kappa shape index (κ1) is 21.5. The third-order valence-corrected chi connectivity index (χ3v) is 6.11. The number of hydrogen-bond donors (Lipinski definition) is 1. The van der Waals surface area contributed by atoms with Gasteiger partial charge in [-0.1, -0.05) is 6.07 Å². The maximum absolute atomic E-state index is 13.2. The fraction of sp³-hybridized carbons (Fsp3) is 0.667. The van der Waals surface area contributed by atoms with Crippen LogP contribution < -0.4 is 10.1 Å². The van der Waals surface area contributed by atoms with Gasteiger partial charge < -0.3 is 19.7 Å². The van der Waals surface area contributed by atoms with Gasteiger partial charge in [0.1, 0.15) is 6.04 Å². The van der Waals surface area contributed by atoms with Crippen molar-refractivity contribution in [1.29, 1.82) is 0 Å². The molecule has 1 N–H and O–H groups in total. The van der Waals surface area contributed by atoms with Crippen LogP contribution in [0.5, 0.6) is 5.88 Å². The number of nitrogens with one attached hydrogen (secondary N) is 1. The highest BCUT2D eigenvalue weighted by atomic mass is 16.5. The number of amides is 2. The molecule has 1 spiro atoms. The average molecular weight is 405 g/mol. The normalized spacial score (nSPS) is 21.6. The molecule has 1 unspecified atom stereocenters. The highest BCUT2D eigenvalue weighted by Gasteiger charge is 2.53. The van der Waals surface area contributed by atoms with Crippen molar-refractivity contribution < 1.29 is 19.1 Å². The number of pyridine rings is 1. The molecule has 29 heavy (non-hydrogen) atoms. The zero-order chi connectivity index (χ0) is 20.9. The maximum Gasteiger partial charge on any atom is 0.242 e. The quantitative estimate of drug-likeness (QED) is 0.652. The van der Waals surface area contributed by atoms with Crippen LogP contribution in [0, 0.1) is 5.41 Å². The smallest absolute Gasteiger partial charge is 0.242 e. The highest BCUT2D eigenvalue weighted by Crippen LogP contribution is 2.44. The van der Waals surface area contributed by atoms with E-state index in [2.05, 4.69) is 15.2 Å². The van der Waals surface area contributed by atoms with Crippen molar-refractivity contribution in [3.8, 4) is 5.88 Å². The number of nitrogens with zero attached hydrogens (tertiary/aromatic N) is 3. The minimum atomic E-state index is -0.419. The lowest BCUT2D eigenvalue weighted by Gasteiger charge is -2.37. The molecule has 3 heterocycles. The number of hydrogen-bond acceptors (Lipinski definition) is 6. The number of aromatic nitrogens is 1. The zero-order valence-corrected chi connectivity index (χ0v) is 17.6. The summed E-state index contributed by atoms with van der Waals surface area (Å²) in [5, 5.41) is 2.90. The van der Waals surface area contributed by atoms with Crippen LogP contribution in [0.2, 0.25) is 0 Å². The molecule has 0 aliphatic carbocycles. The van der Waals surface area contributed by atoms with Gasteiger partial charge in [0.25, 0.3) is 0 Å². The molecule has 8 nitrogen and oxygen atoms in total. The summed E-state index contributed by atoms with van der Waals surface area (Å²) in [6.45, 7) is 5.81. The number of likely N-dealkylation sites (N-methyl/N-ethyl adjacent to an activating group) is 1. The summed E-state index contributed by atoms with van der Waals surface area (Å²) in [4.78, 5) is 34.4. The lowest BCUT2D eigenvalue weighted by molar-refractivity contribution is -0.141. The Bertz CT molecular complexity index is 718. The van der Waals surface area contributed by atoms with Crippen molar-refractivity contribution in [3.63, 3.8) is 0 Å². The van der Waals surface area contributed by atoms with Crippen LogP contribution in [0.25, 0.3) is 0 Å². The Kier molecular flexibility index (Phi) is 7.08. The molecule has 2 fully saturated rings. The van der Waals surface area contributed by atoms with Crippen LogP contribution in [0.1, 0.15) is 31.9 Å². The Morgan fingerprint density at radius 2 is 2.07 bits per heavy atom. The van der Waals surface area contributed by atoms with Gasteiger partial charge in [0.05, 0.1) is 24.8 Å². The number of ether oxygens (including phenoxy) is 2. The van der Waals surface area contributed by atoms with E-state index in [1.54, 1.807) is 19.1 Å². The van der Waals surface area contributed by atoms with Gasteiger partial charge in [0.15, 0.2) is 0 Å². The van der Waals surface area contributed by atoms with Crippen molar-refractivity contribution in [2.45, 2.75) is 38.8 Å². The largest absolute Gasteiger partial charge is 0.481 e. The fourth-order valence-corrected chi connectivity index (χ4v) is 4.45. The van der Waals surface area contributed by atoms with Crippen LogP contribution in [0.3, 0.4) is 0 Å². The molecule has 0 radical (unpaired) electrons. The van der Waals surface area contributed by atoms with Crippen molar-refractivity contribution in [1.82, 2.24) is 20.1 Å². The van der Waals surface area contributed by atoms with Crippen LogP contribution >= 0.6 is 0 Å². The monoisotopic (exact) mass is 404 g/mol. The van der Waals surface area contributed by atoms with Crippen molar-refractivity contribution in [2.24, 2.45) is 5.41 Å². The van der Waals surface area contributed by atoms with Gasteiger partial charge >= 0.3 is 0 Å². The third-order valence-electron chi connectivity index (χ3n) is 6.11. The second-order valence-electron chi connectivity index (χ2n) is 7.82. The van der Waals surface area contributed by atoms with E-state index in [-0.39, 0.29) is 17.9 Å². The van der Waals surface area contributed by atoms with Gasteiger partial charge in [-0.3, -0.25) is 14.5 Å². The van der Waals surface area contributed by atoms with E-state index in [1.807, 2.05) is 25.1 Å². The van der Waals surface area contributed by atoms with Crippen LogP contribution in [0.15, 0.2) is 18.2 Å². The molecular weight excluding hydrogens is 372 g/mol. The molecule has 0 saturated carbocycles. The lowest BCUT2D eigenvalue weighted by atomic mass is 9.76. The predicted octanol–water partition coefficient (Wildman–Crippen LogP) is 1.06. The van der Waals surface area contributed by atoms with E-state index < -0.39 is 5.41 Å². The molecule has 160 valence electrons. The Labute approximate surface area is 172 Å². The first-order chi connectivity index (χ1) is 14.0. The highest BCUT2D eigenvalue weighted by molar-refractivity contribution is 5.94. The molecule has 2 aliphatic rings. The molecule has 0 bridgehead atoms. The number of carbonyl (C=O) groups is 2. The van der Waals surface area contributed by atoms with Crippen molar-refractivity contribution in [3.05, 3.63) is 23.9 Å². The number of methoxy groups -OCH3 is 2. The first-order valence-electron chi connectivity index (χ1n) is 10.3. The number of carbonyl (C=O) groups excluding carboxylic acids is 2. The SMILES string of the molecule is CCN1C(=O)C2(CCN(Cc3cccc(OC)n3)CC2)CC1C(=O)NCCOC. The van der Waals surface area contributed by atoms with Crippen molar-refractivity contribution >= 4 is 11.8 Å². The van der Waals surface area contributed by atoms with Gasteiger partial charge in [0.2, 0.25) is 17.7 Å². The summed E-state index contributed by atoms with van der Waals surface area (Å²) in [5.41, 5.74) is 0.543. The van der Waals surface area contributed by atoms with Crippen LogP contribution in [-0.4, -0.2) is 79.6 Å². The fourth-order valence-electron chi connectivity index (χ4n) is 4.45. The Morgan fingerprint density at radius 1 is 1.31 bits per heavy atom. The van der Waals surface area contributed by atoms with E-state index in [4.69, 9.17) is 9.47 Å². The maximum atomic E-state index is 13.2. The zero-order valence-electron chi connectivity index (χ0n) is 17.6. The van der Waals surface area contributed by atoms with Crippen LogP contribution in [-0.2, 0) is 20.9 Å². The van der Waals surface area contributed by atoms with Crippen molar-refractivity contribution in [2.75, 3.05) is 47.0 Å². The van der Waals surface area contributed by atoms with E-state index in [9.17, 15) is 9.59 Å². The summed E-state index contributed by atoms with van der Waals surface area (Å²) >= 11 is 0. The van der Waals surface area contributed by atoms with E-state index in [0.717, 1.165) is 38.2 Å². The molecule has 0 aromatic carbocycles. The van der Waals surface area contributed by atoms with Gasteiger partial charge in [-0.25, -0.2) is 4.98 Å².